The molecule has 1 aromatic rings. The third-order valence-corrected chi connectivity index (χ3v) is 4.35. The first-order chi connectivity index (χ1) is 10.5. The minimum atomic E-state index is -0.787. The molecule has 5 nitrogen and oxygen atoms in total. The molecule has 5 heteroatoms. The highest BCUT2D eigenvalue weighted by atomic mass is 16.5. The Bertz CT molecular complexity index is 543. The van der Waals surface area contributed by atoms with Crippen molar-refractivity contribution < 1.29 is 19.4 Å². The lowest BCUT2D eigenvalue weighted by atomic mass is 9.81. The zero-order valence-electron chi connectivity index (χ0n) is 13.1. The van der Waals surface area contributed by atoms with Crippen LogP contribution in [0.1, 0.15) is 31.2 Å². The van der Waals surface area contributed by atoms with Crippen molar-refractivity contribution in [3.8, 4) is 5.75 Å². The van der Waals surface area contributed by atoms with E-state index in [4.69, 9.17) is 9.84 Å². The van der Waals surface area contributed by atoms with Gasteiger partial charge in [0.05, 0.1) is 13.0 Å². The third kappa shape index (κ3) is 3.78. The average molecular weight is 305 g/mol. The molecular formula is C17H23NO4. The van der Waals surface area contributed by atoms with Gasteiger partial charge in [-0.25, -0.2) is 0 Å². The normalized spacial score (nSPS) is 21.2. The van der Waals surface area contributed by atoms with E-state index >= 15 is 0 Å². The number of amides is 1. The van der Waals surface area contributed by atoms with Crippen LogP contribution in [0.4, 0.5) is 0 Å². The molecule has 1 N–H and O–H groups in total. The third-order valence-electron chi connectivity index (χ3n) is 4.35. The Morgan fingerprint density at radius 2 is 1.95 bits per heavy atom. The summed E-state index contributed by atoms with van der Waals surface area (Å²) in [5.74, 6) is -0.576. The van der Waals surface area contributed by atoms with E-state index in [1.54, 1.807) is 19.1 Å². The molecule has 0 saturated heterocycles. The largest absolute Gasteiger partial charge is 0.496 e. The fraction of sp³-hybridized carbons (Fsp3) is 0.529. The second-order valence-corrected chi connectivity index (χ2v) is 5.90. The van der Waals surface area contributed by atoms with Gasteiger partial charge in [-0.15, -0.1) is 0 Å². The fourth-order valence-electron chi connectivity index (χ4n) is 3.12. The van der Waals surface area contributed by atoms with Crippen LogP contribution >= 0.6 is 0 Å². The van der Waals surface area contributed by atoms with E-state index in [-0.39, 0.29) is 17.7 Å². The molecule has 1 aliphatic carbocycles. The van der Waals surface area contributed by atoms with Gasteiger partial charge in [-0.2, -0.15) is 0 Å². The number of carbonyl (C=O) groups excluding carboxylic acids is 1. The van der Waals surface area contributed by atoms with Gasteiger partial charge in [0.25, 0.3) is 0 Å². The fourth-order valence-corrected chi connectivity index (χ4v) is 3.12. The number of carbonyl (C=O) groups is 2. The van der Waals surface area contributed by atoms with Crippen molar-refractivity contribution in [2.45, 2.75) is 32.2 Å². The predicted molar refractivity (Wildman–Crippen MR) is 82.6 cm³/mol. The van der Waals surface area contributed by atoms with Crippen LogP contribution in [0.5, 0.6) is 5.75 Å². The van der Waals surface area contributed by atoms with E-state index in [1.807, 2.05) is 24.3 Å². The lowest BCUT2D eigenvalue weighted by Crippen LogP contribution is -2.36. The maximum atomic E-state index is 12.6. The molecule has 0 aliphatic heterocycles. The van der Waals surface area contributed by atoms with Crippen molar-refractivity contribution in [3.05, 3.63) is 29.8 Å². The molecule has 2 rings (SSSR count). The molecule has 120 valence electrons. The Balaban J connectivity index is 2.01. The van der Waals surface area contributed by atoms with Crippen LogP contribution in [0.2, 0.25) is 0 Å². The molecule has 2 atom stereocenters. The molecular weight excluding hydrogens is 282 g/mol. The summed E-state index contributed by atoms with van der Waals surface area (Å²) in [6.45, 7) is 0.469. The minimum absolute atomic E-state index is 0.0249. The van der Waals surface area contributed by atoms with E-state index < -0.39 is 5.97 Å². The Kier molecular flexibility index (Phi) is 5.41. The number of para-hydroxylation sites is 1. The number of ether oxygens (including phenoxy) is 1. The topological polar surface area (TPSA) is 66.8 Å². The maximum absolute atomic E-state index is 12.6. The number of hydrogen-bond acceptors (Lipinski definition) is 3. The number of carboxylic acids is 1. The quantitative estimate of drug-likeness (QED) is 0.908. The summed E-state index contributed by atoms with van der Waals surface area (Å²) in [4.78, 5) is 25.4. The summed E-state index contributed by atoms with van der Waals surface area (Å²) in [7, 11) is 3.37. The van der Waals surface area contributed by atoms with Crippen molar-refractivity contribution in [1.29, 1.82) is 0 Å². The van der Waals surface area contributed by atoms with Crippen molar-refractivity contribution in [3.63, 3.8) is 0 Å². The predicted octanol–water partition coefficient (Wildman–Crippen LogP) is 2.54. The van der Waals surface area contributed by atoms with Crippen LogP contribution in [0.3, 0.4) is 0 Å². The first-order valence-corrected chi connectivity index (χ1v) is 7.62. The average Bonchev–Trinajstić information content (AvgIpc) is 2.54. The van der Waals surface area contributed by atoms with Gasteiger partial charge < -0.3 is 14.7 Å². The maximum Gasteiger partial charge on any atom is 0.306 e. The van der Waals surface area contributed by atoms with E-state index in [1.165, 1.54) is 0 Å². The number of rotatable bonds is 5. The lowest BCUT2D eigenvalue weighted by Gasteiger charge is -2.29. The number of aliphatic carboxylic acids is 1. The van der Waals surface area contributed by atoms with Gasteiger partial charge >= 0.3 is 5.97 Å². The monoisotopic (exact) mass is 305 g/mol. The first-order valence-electron chi connectivity index (χ1n) is 7.62. The number of nitrogens with zero attached hydrogens (tertiary/aromatic N) is 1. The number of carboxylic acid groups (broad SMARTS) is 1. The standard InChI is InChI=1S/C17H23NO4/c1-18(11-14-6-3-4-9-15(14)22-2)16(19)12-7-5-8-13(10-12)17(20)21/h3-4,6,9,12-13H,5,7-8,10-11H2,1-2H3,(H,20,21)/t12-,13-/m0/s1. The number of hydrogen-bond donors (Lipinski definition) is 1. The van der Waals surface area contributed by atoms with Crippen molar-refractivity contribution in [1.82, 2.24) is 4.90 Å². The summed E-state index contributed by atoms with van der Waals surface area (Å²) in [6.07, 6.45) is 2.70. The van der Waals surface area contributed by atoms with Crippen LogP contribution in [-0.2, 0) is 16.1 Å². The van der Waals surface area contributed by atoms with Gasteiger partial charge in [0.15, 0.2) is 0 Å². The second-order valence-electron chi connectivity index (χ2n) is 5.90. The van der Waals surface area contributed by atoms with Gasteiger partial charge in [0, 0.05) is 25.1 Å². The van der Waals surface area contributed by atoms with Crippen LogP contribution < -0.4 is 4.74 Å². The summed E-state index contributed by atoms with van der Waals surface area (Å²) >= 11 is 0. The molecule has 0 aromatic heterocycles. The van der Waals surface area contributed by atoms with Gasteiger partial charge in [-0.1, -0.05) is 24.6 Å². The number of benzene rings is 1. The summed E-state index contributed by atoms with van der Waals surface area (Å²) < 4.78 is 5.30. The van der Waals surface area contributed by atoms with Gasteiger partial charge in [-0.05, 0) is 25.3 Å². The second kappa shape index (κ2) is 7.29. The highest BCUT2D eigenvalue weighted by molar-refractivity contribution is 5.80. The molecule has 1 aliphatic rings. The SMILES string of the molecule is COc1ccccc1CN(C)C(=O)[C@H]1CCC[C@H](C(=O)O)C1. The Hall–Kier alpha value is -2.04. The molecule has 0 unspecified atom stereocenters. The van der Waals surface area contributed by atoms with Crippen LogP contribution in [0.25, 0.3) is 0 Å². The number of methoxy groups -OCH3 is 1. The molecule has 22 heavy (non-hydrogen) atoms. The lowest BCUT2D eigenvalue weighted by molar-refractivity contribution is -0.145. The van der Waals surface area contributed by atoms with Crippen LogP contribution in [0, 0.1) is 11.8 Å². The Labute approximate surface area is 130 Å². The molecule has 0 radical (unpaired) electrons. The summed E-state index contributed by atoms with van der Waals surface area (Å²) in [5.41, 5.74) is 0.950. The van der Waals surface area contributed by atoms with Crippen LogP contribution in [-0.4, -0.2) is 36.0 Å². The van der Waals surface area contributed by atoms with E-state index in [2.05, 4.69) is 0 Å². The van der Waals surface area contributed by atoms with E-state index in [0.29, 0.717) is 19.4 Å². The molecule has 0 bridgehead atoms. The van der Waals surface area contributed by atoms with Gasteiger partial charge in [0.2, 0.25) is 5.91 Å². The Morgan fingerprint density at radius 3 is 2.64 bits per heavy atom. The molecule has 1 amide bonds. The molecule has 1 aromatic carbocycles. The zero-order valence-corrected chi connectivity index (χ0v) is 13.1. The van der Waals surface area contributed by atoms with E-state index in [9.17, 15) is 9.59 Å². The smallest absolute Gasteiger partial charge is 0.306 e. The Morgan fingerprint density at radius 1 is 1.27 bits per heavy atom. The molecule has 0 spiro atoms. The first kappa shape index (κ1) is 16.3. The molecule has 0 heterocycles. The van der Waals surface area contributed by atoms with E-state index in [0.717, 1.165) is 24.2 Å². The van der Waals surface area contributed by atoms with Crippen molar-refractivity contribution >= 4 is 11.9 Å². The van der Waals surface area contributed by atoms with Crippen molar-refractivity contribution in [2.75, 3.05) is 14.2 Å². The minimum Gasteiger partial charge on any atom is -0.496 e. The summed E-state index contributed by atoms with van der Waals surface area (Å²) in [6, 6.07) is 7.61. The molecule has 1 saturated carbocycles. The van der Waals surface area contributed by atoms with Crippen molar-refractivity contribution in [2.24, 2.45) is 11.8 Å². The zero-order chi connectivity index (χ0) is 16.1. The molecule has 1 fully saturated rings. The highest BCUT2D eigenvalue weighted by Gasteiger charge is 2.32. The summed E-state index contributed by atoms with van der Waals surface area (Å²) in [5, 5.41) is 9.14. The van der Waals surface area contributed by atoms with Crippen LogP contribution in [0.15, 0.2) is 24.3 Å². The van der Waals surface area contributed by atoms with Gasteiger partial charge in [-0.3, -0.25) is 9.59 Å². The van der Waals surface area contributed by atoms with Gasteiger partial charge in [0.1, 0.15) is 5.75 Å². The highest BCUT2D eigenvalue weighted by Crippen LogP contribution is 2.31.